The summed E-state index contributed by atoms with van der Waals surface area (Å²) in [6.07, 6.45) is 0. The monoisotopic (exact) mass is 1750 g/mol. The molecule has 0 bridgehead atoms. The van der Waals surface area contributed by atoms with Crippen molar-refractivity contribution in [1.29, 1.82) is 0 Å². The normalized spacial score (nSPS) is 12.8. The van der Waals surface area contributed by atoms with Gasteiger partial charge in [-0.3, -0.25) is 0 Å². The molecule has 2 aliphatic carbocycles. The Morgan fingerprint density at radius 2 is 0.391 bits per heavy atom. The van der Waals surface area contributed by atoms with Gasteiger partial charge in [-0.25, -0.2) is 0 Å². The quantitative estimate of drug-likeness (QED) is 0.103. The van der Waals surface area contributed by atoms with Crippen molar-refractivity contribution >= 4 is 87.2 Å². The van der Waals surface area contributed by atoms with Gasteiger partial charge in [-0.05, 0) is 255 Å². The molecule has 0 saturated heterocycles. The van der Waals surface area contributed by atoms with Gasteiger partial charge in [0.2, 0.25) is 0 Å². The van der Waals surface area contributed by atoms with E-state index in [1.54, 1.807) is 0 Å². The minimum Gasteiger partial charge on any atom is -0.309 e. The van der Waals surface area contributed by atoms with Crippen LogP contribution in [-0.4, -0.2) is 18.3 Å². The van der Waals surface area contributed by atoms with Crippen molar-refractivity contribution in [2.45, 2.75) is 10.8 Å². The summed E-state index contributed by atoms with van der Waals surface area (Å²) in [6, 6.07) is 197. The number of para-hydroxylation sites is 2. The molecule has 4 nitrogen and oxygen atoms in total. The summed E-state index contributed by atoms with van der Waals surface area (Å²) in [5, 5.41) is 9.97. The van der Waals surface area contributed by atoms with E-state index in [1.165, 1.54) is 221 Å². The molecule has 0 atom stereocenters. The number of fused-ring (bicyclic) bond motifs is 20. The SMILES string of the molecule is c1ccc(-c2ccc(-n3c4ccccc4c4cc(-c5ccc6c(c5)c5c7c(ccc5n6-c5ccc(-c6ccccc6)cc5)-c5ccccc5C7(c5ccccc5)c5ccccc5)ccc43)cc2)cc1.c1ccc(-c2ccc(-n3c4ccccc4c4cc(-c5ccc6c(c5)c5c7c(ccc5n6-c5ccc(-c6ccccc6)cc5)C(c5ccccc5)(c5ccccc5)c5ccccc5-7)ccc43)cc2)cc1. The van der Waals surface area contributed by atoms with Crippen LogP contribution < -0.4 is 0 Å². The zero-order chi connectivity index (χ0) is 90.9. The van der Waals surface area contributed by atoms with E-state index in [4.69, 9.17) is 0 Å². The van der Waals surface area contributed by atoms with Crippen molar-refractivity contribution < 1.29 is 0 Å². The van der Waals surface area contributed by atoms with Gasteiger partial charge in [0.25, 0.3) is 0 Å². The predicted molar refractivity (Wildman–Crippen MR) is 577 cm³/mol. The maximum Gasteiger partial charge on any atom is 0.0720 e. The molecule has 0 spiro atoms. The molecular formula is C134H88N4. The first-order chi connectivity index (χ1) is 68.5. The van der Waals surface area contributed by atoms with Gasteiger partial charge in [0, 0.05) is 65.8 Å². The van der Waals surface area contributed by atoms with Crippen LogP contribution >= 0.6 is 0 Å². The lowest BCUT2D eigenvalue weighted by molar-refractivity contribution is 0.769. The number of aromatic nitrogens is 4. The third-order valence-electron chi connectivity index (χ3n) is 29.6. The van der Waals surface area contributed by atoms with Gasteiger partial charge in [0.1, 0.15) is 0 Å². The average Bonchev–Trinajstić information content (AvgIpc) is 1.51. The fourth-order valence-corrected chi connectivity index (χ4v) is 23.6. The van der Waals surface area contributed by atoms with Crippen LogP contribution in [0.5, 0.6) is 0 Å². The Kier molecular flexibility index (Phi) is 18.8. The smallest absolute Gasteiger partial charge is 0.0720 e. The Balaban J connectivity index is 0.000000139. The molecule has 0 unspecified atom stereocenters. The number of hydrogen-bond acceptors (Lipinski definition) is 0. The molecule has 0 saturated carbocycles. The third kappa shape index (κ3) is 12.5. The highest BCUT2D eigenvalue weighted by molar-refractivity contribution is 6.21. The molecule has 0 amide bonds. The topological polar surface area (TPSA) is 19.7 Å². The molecule has 644 valence electrons. The van der Waals surface area contributed by atoms with E-state index in [0.717, 1.165) is 22.7 Å². The van der Waals surface area contributed by atoms with E-state index in [9.17, 15) is 0 Å². The van der Waals surface area contributed by atoms with Crippen molar-refractivity contribution in [3.8, 4) is 112 Å². The molecule has 0 radical (unpaired) electrons. The van der Waals surface area contributed by atoms with Crippen molar-refractivity contribution in [2.75, 3.05) is 0 Å². The second-order valence-corrected chi connectivity index (χ2v) is 36.8. The van der Waals surface area contributed by atoms with E-state index in [1.807, 2.05) is 0 Å². The Hall–Kier alpha value is -18.0. The minimum absolute atomic E-state index is 0.507. The fourth-order valence-electron chi connectivity index (χ4n) is 23.6. The van der Waals surface area contributed by atoms with Crippen LogP contribution in [0, 0.1) is 0 Å². The summed E-state index contributed by atoms with van der Waals surface area (Å²) < 4.78 is 9.80. The van der Waals surface area contributed by atoms with Gasteiger partial charge in [0.05, 0.1) is 55.0 Å². The van der Waals surface area contributed by atoms with E-state index >= 15 is 0 Å². The lowest BCUT2D eigenvalue weighted by atomic mass is 9.67. The van der Waals surface area contributed by atoms with Crippen molar-refractivity contribution in [1.82, 2.24) is 18.3 Å². The van der Waals surface area contributed by atoms with Crippen LogP contribution in [-0.2, 0) is 10.8 Å². The van der Waals surface area contributed by atoms with Gasteiger partial charge < -0.3 is 18.3 Å². The second kappa shape index (κ2) is 32.5. The number of hydrogen-bond donors (Lipinski definition) is 0. The molecule has 4 aromatic heterocycles. The van der Waals surface area contributed by atoms with E-state index < -0.39 is 10.8 Å². The summed E-state index contributed by atoms with van der Waals surface area (Å²) in [5.74, 6) is 0. The first kappa shape index (κ1) is 79.8. The van der Waals surface area contributed by atoms with E-state index in [0.29, 0.717) is 0 Å². The van der Waals surface area contributed by atoms with Crippen molar-refractivity contribution in [2.24, 2.45) is 0 Å². The first-order valence-electron chi connectivity index (χ1n) is 47.8. The van der Waals surface area contributed by atoms with Crippen LogP contribution in [0.4, 0.5) is 0 Å². The van der Waals surface area contributed by atoms with Crippen LogP contribution in [0.1, 0.15) is 44.5 Å². The standard InChI is InChI=1S/2C67H44N2/c1-5-17-45(18-6-1)47-29-35-53(36-30-47)68-61-28-16-14-25-55(61)57-43-49(33-40-62(57)68)50-34-41-63-58(44-50)66-64(69(63)54-37-31-48(32-38-54)46-19-7-2-8-20-46)42-39-60-65(66)56-26-13-15-27-59(56)67(60,51-21-9-3-10-22-51)52-23-11-4-12-24-52;1-5-17-45(18-6-1)47-29-35-53(36-30-47)68-61-28-16-14-26-56(61)58-43-49(33-40-62(58)68)50-34-41-63-59(44-50)65-64(69(63)54-37-31-48(32-38-54)46-19-7-2-8-20-46)42-39-57-55-25-13-15-27-60(55)67(66(57)65,51-21-9-3-10-22-51)52-23-11-4-12-24-52/h2*1-44H. The highest BCUT2D eigenvalue weighted by Gasteiger charge is 2.50. The zero-order valence-electron chi connectivity index (χ0n) is 75.6. The molecule has 0 N–H and O–H groups in total. The summed E-state index contributed by atoms with van der Waals surface area (Å²) in [4.78, 5) is 0. The maximum atomic E-state index is 2.49. The van der Waals surface area contributed by atoms with Gasteiger partial charge in [-0.1, -0.05) is 413 Å². The molecule has 138 heavy (non-hydrogen) atoms. The molecule has 22 aromatic carbocycles. The zero-order valence-corrected chi connectivity index (χ0v) is 75.6. The van der Waals surface area contributed by atoms with Gasteiger partial charge in [-0.2, -0.15) is 0 Å². The average molecular weight is 1750 g/mol. The minimum atomic E-state index is -0.569. The molecule has 4 heteroatoms. The van der Waals surface area contributed by atoms with Crippen LogP contribution in [0.2, 0.25) is 0 Å². The number of benzene rings is 22. The van der Waals surface area contributed by atoms with Crippen LogP contribution in [0.25, 0.3) is 199 Å². The van der Waals surface area contributed by atoms with E-state index in [2.05, 4.69) is 552 Å². The Morgan fingerprint density at radius 3 is 0.775 bits per heavy atom. The third-order valence-corrected chi connectivity index (χ3v) is 29.6. The fraction of sp³-hybridized carbons (Fsp3) is 0.0149. The highest BCUT2D eigenvalue weighted by atomic mass is 15.0. The maximum absolute atomic E-state index is 2.49. The summed E-state index contributed by atoms with van der Waals surface area (Å²) in [5.41, 5.74) is 42.9. The Morgan fingerprint density at radius 1 is 0.138 bits per heavy atom. The lowest BCUT2D eigenvalue weighted by Gasteiger charge is -2.34. The Labute approximate surface area is 800 Å². The van der Waals surface area contributed by atoms with Gasteiger partial charge >= 0.3 is 0 Å². The Bertz CT molecular complexity index is 9140. The summed E-state index contributed by atoms with van der Waals surface area (Å²) >= 11 is 0. The van der Waals surface area contributed by atoms with Crippen LogP contribution in [0.3, 0.4) is 0 Å². The molecule has 0 fully saturated rings. The van der Waals surface area contributed by atoms with E-state index in [-0.39, 0.29) is 0 Å². The number of nitrogens with zero attached hydrogens (tertiary/aromatic N) is 4. The lowest BCUT2D eigenvalue weighted by Crippen LogP contribution is -2.28. The largest absolute Gasteiger partial charge is 0.309 e. The molecule has 2 aliphatic rings. The van der Waals surface area contributed by atoms with Crippen molar-refractivity contribution in [3.63, 3.8) is 0 Å². The molecular weight excluding hydrogens is 1670 g/mol. The molecule has 26 aromatic rings. The predicted octanol–water partition coefficient (Wildman–Crippen LogP) is 34.5. The highest BCUT2D eigenvalue weighted by Crippen LogP contribution is 2.62. The molecule has 4 heterocycles. The number of rotatable bonds is 14. The first-order valence-corrected chi connectivity index (χ1v) is 47.8. The summed E-state index contributed by atoms with van der Waals surface area (Å²) in [6.45, 7) is 0. The van der Waals surface area contributed by atoms with Crippen molar-refractivity contribution in [3.05, 3.63) is 578 Å². The molecule has 0 aliphatic heterocycles. The van der Waals surface area contributed by atoms with Gasteiger partial charge in [-0.15, -0.1) is 0 Å². The second-order valence-electron chi connectivity index (χ2n) is 36.8. The van der Waals surface area contributed by atoms with Gasteiger partial charge in [0.15, 0.2) is 0 Å². The molecule has 28 rings (SSSR count). The summed E-state index contributed by atoms with van der Waals surface area (Å²) in [7, 11) is 0. The van der Waals surface area contributed by atoms with Crippen LogP contribution in [0.15, 0.2) is 534 Å².